The Morgan fingerprint density at radius 2 is 1.90 bits per heavy atom. The lowest BCUT2D eigenvalue weighted by molar-refractivity contribution is -0.140. The fourth-order valence-corrected chi connectivity index (χ4v) is 1.32. The summed E-state index contributed by atoms with van der Waals surface area (Å²) >= 11 is 0. The number of aliphatic hydroxyl groups is 1. The number of aliphatic hydroxyl groups excluding tert-OH is 1. The summed E-state index contributed by atoms with van der Waals surface area (Å²) in [6.45, 7) is 7.64. The van der Waals surface area contributed by atoms with Crippen LogP contribution in [0.4, 0.5) is 0 Å². The molecule has 0 amide bonds. The minimum atomic E-state index is -0.312. The van der Waals surface area contributed by atoms with Gasteiger partial charge in [0, 0.05) is 13.5 Å². The van der Waals surface area contributed by atoms with Gasteiger partial charge >= 0.3 is 5.97 Å². The van der Waals surface area contributed by atoms with Gasteiger partial charge in [0.1, 0.15) is 6.61 Å². The first-order valence-corrected chi connectivity index (χ1v) is 6.69. The molecule has 3 heteroatoms. The first-order valence-electron chi connectivity index (χ1n) is 6.69. The summed E-state index contributed by atoms with van der Waals surface area (Å²) in [5, 5.41) is 8.95. The van der Waals surface area contributed by atoms with Gasteiger partial charge in [-0.25, -0.2) is 0 Å². The minimum Gasteiger partial charge on any atom is -0.461 e. The molecule has 0 atom stereocenters. The number of rotatable bonds is 6. The van der Waals surface area contributed by atoms with Crippen molar-refractivity contribution in [3.63, 3.8) is 0 Å². The number of esters is 1. The van der Waals surface area contributed by atoms with Crippen LogP contribution in [-0.2, 0) is 9.53 Å². The van der Waals surface area contributed by atoms with E-state index in [2.05, 4.69) is 11.8 Å². The molecule has 0 spiro atoms. The zero-order valence-corrected chi connectivity index (χ0v) is 12.8. The van der Waals surface area contributed by atoms with E-state index in [9.17, 15) is 4.79 Å². The van der Waals surface area contributed by atoms with Gasteiger partial charge in [0.15, 0.2) is 0 Å². The lowest BCUT2D eigenvalue weighted by Crippen LogP contribution is -2.04. The van der Waals surface area contributed by atoms with Crippen molar-refractivity contribution in [1.82, 2.24) is 0 Å². The lowest BCUT2D eigenvalue weighted by Gasteiger charge is -2.05. The molecule has 0 fully saturated rings. The quantitative estimate of drug-likeness (QED) is 0.460. The second-order valence-electron chi connectivity index (χ2n) is 4.73. The van der Waals surface area contributed by atoms with Gasteiger partial charge < -0.3 is 9.84 Å². The fraction of sp³-hybridized carbons (Fsp3) is 0.471. The maximum atomic E-state index is 10.8. The third-order valence-electron chi connectivity index (χ3n) is 2.35. The van der Waals surface area contributed by atoms with Crippen LogP contribution in [0.5, 0.6) is 0 Å². The first kappa shape index (κ1) is 18.2. The minimum absolute atomic E-state index is 0.0518. The van der Waals surface area contributed by atoms with E-state index in [0.717, 1.165) is 11.1 Å². The molecule has 110 valence electrons. The van der Waals surface area contributed by atoms with Crippen LogP contribution in [0.25, 0.3) is 0 Å². The molecule has 0 unspecified atom stereocenters. The van der Waals surface area contributed by atoms with Crippen LogP contribution >= 0.6 is 0 Å². The zero-order chi connectivity index (χ0) is 15.4. The number of carbonyl (C=O) groups excluding carboxylic acids is 1. The molecule has 0 heterocycles. The molecular formula is C17H24O3. The fourth-order valence-electron chi connectivity index (χ4n) is 1.32. The second-order valence-corrected chi connectivity index (χ2v) is 4.73. The molecule has 0 bridgehead atoms. The third kappa shape index (κ3) is 11.3. The molecule has 3 nitrogen and oxygen atoms in total. The molecule has 0 aromatic carbocycles. The van der Waals surface area contributed by atoms with Crippen molar-refractivity contribution in [1.29, 1.82) is 0 Å². The van der Waals surface area contributed by atoms with E-state index in [1.165, 1.54) is 12.5 Å². The van der Waals surface area contributed by atoms with Crippen LogP contribution in [0.1, 0.15) is 40.5 Å². The van der Waals surface area contributed by atoms with E-state index in [1.54, 1.807) is 0 Å². The SMILES string of the molecule is CC(=O)OC/C(=C/C/C=C(\C)C#CC=C(C)C)CCO. The monoisotopic (exact) mass is 276 g/mol. The van der Waals surface area contributed by atoms with Gasteiger partial charge in [-0.1, -0.05) is 29.6 Å². The van der Waals surface area contributed by atoms with Crippen molar-refractivity contribution < 1.29 is 14.6 Å². The van der Waals surface area contributed by atoms with Crippen molar-refractivity contribution in [3.05, 3.63) is 34.9 Å². The van der Waals surface area contributed by atoms with Gasteiger partial charge in [-0.3, -0.25) is 4.79 Å². The van der Waals surface area contributed by atoms with Gasteiger partial charge in [0.05, 0.1) is 0 Å². The topological polar surface area (TPSA) is 46.5 Å². The highest BCUT2D eigenvalue weighted by Gasteiger charge is 1.99. The largest absolute Gasteiger partial charge is 0.461 e. The highest BCUT2D eigenvalue weighted by Crippen LogP contribution is 2.05. The van der Waals surface area contributed by atoms with Gasteiger partial charge in [-0.2, -0.15) is 0 Å². The summed E-state index contributed by atoms with van der Waals surface area (Å²) in [6, 6.07) is 0. The molecule has 0 aliphatic rings. The van der Waals surface area contributed by atoms with Crippen LogP contribution < -0.4 is 0 Å². The molecule has 0 saturated heterocycles. The van der Waals surface area contributed by atoms with E-state index in [-0.39, 0.29) is 19.2 Å². The van der Waals surface area contributed by atoms with Crippen LogP contribution in [0.3, 0.4) is 0 Å². The first-order chi connectivity index (χ1) is 9.45. The Labute approximate surface area is 122 Å². The summed E-state index contributed by atoms with van der Waals surface area (Å²) in [5.41, 5.74) is 3.09. The average Bonchev–Trinajstić information content (AvgIpc) is 2.35. The van der Waals surface area contributed by atoms with E-state index in [4.69, 9.17) is 9.84 Å². The number of hydrogen-bond donors (Lipinski definition) is 1. The van der Waals surface area contributed by atoms with E-state index in [1.807, 2.05) is 39.0 Å². The van der Waals surface area contributed by atoms with Crippen LogP contribution in [0, 0.1) is 11.8 Å². The molecule has 0 aromatic rings. The summed E-state index contributed by atoms with van der Waals surface area (Å²) in [6.07, 6.45) is 7.09. The highest BCUT2D eigenvalue weighted by atomic mass is 16.5. The Bertz CT molecular complexity index is 452. The average molecular weight is 276 g/mol. The summed E-state index contributed by atoms with van der Waals surface area (Å²) in [4.78, 5) is 10.8. The van der Waals surface area contributed by atoms with E-state index >= 15 is 0 Å². The number of carbonyl (C=O) groups is 1. The Morgan fingerprint density at radius 1 is 1.20 bits per heavy atom. The van der Waals surface area contributed by atoms with Crippen molar-refractivity contribution in [2.75, 3.05) is 13.2 Å². The Morgan fingerprint density at radius 3 is 2.45 bits per heavy atom. The Balaban J connectivity index is 4.48. The molecule has 0 rings (SSSR count). The van der Waals surface area contributed by atoms with Gasteiger partial charge in [0.2, 0.25) is 0 Å². The molecule has 0 radical (unpaired) electrons. The maximum absolute atomic E-state index is 10.8. The van der Waals surface area contributed by atoms with Crippen LogP contribution in [0.2, 0.25) is 0 Å². The summed E-state index contributed by atoms with van der Waals surface area (Å²) < 4.78 is 4.93. The lowest BCUT2D eigenvalue weighted by atomic mass is 10.1. The maximum Gasteiger partial charge on any atom is 0.302 e. The number of ether oxygens (including phenoxy) is 1. The number of allylic oxidation sites excluding steroid dienone is 5. The smallest absolute Gasteiger partial charge is 0.302 e. The zero-order valence-electron chi connectivity index (χ0n) is 12.8. The predicted molar refractivity (Wildman–Crippen MR) is 82.0 cm³/mol. The third-order valence-corrected chi connectivity index (χ3v) is 2.35. The van der Waals surface area contributed by atoms with Crippen LogP contribution in [-0.4, -0.2) is 24.3 Å². The standard InChI is InChI=1S/C17H24O3/c1-14(2)7-5-8-15(3)9-6-10-17(11-12-18)13-20-16(4)19/h7,9-10,18H,6,11-13H2,1-4H3/b15-9+,17-10+. The van der Waals surface area contributed by atoms with Crippen molar-refractivity contribution in [3.8, 4) is 11.8 Å². The van der Waals surface area contributed by atoms with Crippen LogP contribution in [0.15, 0.2) is 34.9 Å². The molecule has 0 aliphatic heterocycles. The van der Waals surface area contributed by atoms with Crippen molar-refractivity contribution in [2.45, 2.75) is 40.5 Å². The van der Waals surface area contributed by atoms with Gasteiger partial charge in [0.25, 0.3) is 0 Å². The Kier molecular flexibility index (Phi) is 10.1. The summed E-state index contributed by atoms with van der Waals surface area (Å²) in [7, 11) is 0. The molecule has 0 aromatic heterocycles. The molecule has 0 saturated carbocycles. The predicted octanol–water partition coefficient (Wildman–Crippen LogP) is 3.16. The number of hydrogen-bond acceptors (Lipinski definition) is 3. The normalized spacial score (nSPS) is 11.4. The molecular weight excluding hydrogens is 252 g/mol. The van der Waals surface area contributed by atoms with E-state index < -0.39 is 0 Å². The Hall–Kier alpha value is -1.79. The second kappa shape index (κ2) is 11.1. The van der Waals surface area contributed by atoms with Crippen molar-refractivity contribution in [2.24, 2.45) is 0 Å². The van der Waals surface area contributed by atoms with Gasteiger partial charge in [-0.15, -0.1) is 0 Å². The summed E-state index contributed by atoms with van der Waals surface area (Å²) in [5.74, 6) is 5.71. The molecule has 0 aliphatic carbocycles. The van der Waals surface area contributed by atoms with Gasteiger partial charge in [-0.05, 0) is 50.8 Å². The van der Waals surface area contributed by atoms with E-state index in [0.29, 0.717) is 12.8 Å². The van der Waals surface area contributed by atoms with Crippen molar-refractivity contribution >= 4 is 5.97 Å². The molecule has 1 N–H and O–H groups in total. The highest BCUT2D eigenvalue weighted by molar-refractivity contribution is 5.66. The molecule has 20 heavy (non-hydrogen) atoms.